The van der Waals surface area contributed by atoms with Gasteiger partial charge in [-0.05, 0) is 48.7 Å². The van der Waals surface area contributed by atoms with Crippen LogP contribution in [-0.2, 0) is 16.4 Å². The Morgan fingerprint density at radius 3 is 2.55 bits per heavy atom. The van der Waals surface area contributed by atoms with Crippen LogP contribution in [0.5, 0.6) is 11.5 Å². The summed E-state index contributed by atoms with van der Waals surface area (Å²) < 4.78 is 32.1. The minimum Gasteiger partial charge on any atom is -0.506 e. The minimum absolute atomic E-state index is 0.00529. The van der Waals surface area contributed by atoms with Crippen molar-refractivity contribution in [3.63, 3.8) is 0 Å². The summed E-state index contributed by atoms with van der Waals surface area (Å²) in [5.41, 5.74) is 1.24. The van der Waals surface area contributed by atoms with Gasteiger partial charge in [0.05, 0.1) is 17.7 Å². The smallest absolute Gasteiger partial charge is 0.264 e. The van der Waals surface area contributed by atoms with Gasteiger partial charge in [0, 0.05) is 6.54 Å². The topological polar surface area (TPSA) is 66.8 Å². The number of aryl methyl sites for hydroxylation is 1. The first kappa shape index (κ1) is 14.7. The molecule has 1 heterocycles. The lowest BCUT2D eigenvalue weighted by Gasteiger charge is -2.31. The molecule has 0 unspecified atom stereocenters. The summed E-state index contributed by atoms with van der Waals surface area (Å²) in [5, 5.41) is 10.1. The number of ether oxygens (including phenoxy) is 1. The van der Waals surface area contributed by atoms with Crippen LogP contribution in [-0.4, -0.2) is 27.2 Å². The van der Waals surface area contributed by atoms with Crippen LogP contribution in [0.3, 0.4) is 0 Å². The average molecular weight is 319 g/mol. The molecular weight excluding hydrogens is 302 g/mol. The summed E-state index contributed by atoms with van der Waals surface area (Å²) in [5.74, 6) is 0.593. The summed E-state index contributed by atoms with van der Waals surface area (Å²) in [6, 6.07) is 11.4. The molecule has 5 nitrogen and oxygen atoms in total. The molecule has 116 valence electrons. The Kier molecular flexibility index (Phi) is 3.70. The van der Waals surface area contributed by atoms with E-state index in [9.17, 15) is 13.5 Å². The van der Waals surface area contributed by atoms with Crippen LogP contribution in [0.2, 0.25) is 0 Å². The van der Waals surface area contributed by atoms with Crippen molar-refractivity contribution in [2.45, 2.75) is 17.7 Å². The van der Waals surface area contributed by atoms with Crippen molar-refractivity contribution in [2.75, 3.05) is 18.0 Å². The van der Waals surface area contributed by atoms with E-state index in [0.717, 1.165) is 18.4 Å². The van der Waals surface area contributed by atoms with E-state index in [4.69, 9.17) is 4.74 Å². The van der Waals surface area contributed by atoms with Gasteiger partial charge in [0.15, 0.2) is 0 Å². The third kappa shape index (κ3) is 2.39. The molecule has 0 bridgehead atoms. The number of fused-ring (bicyclic) bond motifs is 1. The SMILES string of the molecule is COc1ccc(S(=O)(=O)N2CCCc3cccc(O)c32)cc1. The van der Waals surface area contributed by atoms with Crippen LogP contribution in [0.15, 0.2) is 47.4 Å². The normalized spacial score (nSPS) is 14.5. The molecule has 0 saturated heterocycles. The van der Waals surface area contributed by atoms with Crippen LogP contribution in [0.25, 0.3) is 0 Å². The third-order valence-corrected chi connectivity index (χ3v) is 5.62. The van der Waals surface area contributed by atoms with Crippen molar-refractivity contribution in [1.29, 1.82) is 0 Å². The van der Waals surface area contributed by atoms with E-state index in [1.165, 1.54) is 29.6 Å². The van der Waals surface area contributed by atoms with Crippen LogP contribution in [0, 0.1) is 0 Å². The summed E-state index contributed by atoms with van der Waals surface area (Å²) in [6.07, 6.45) is 1.49. The second-order valence-electron chi connectivity index (χ2n) is 5.14. The number of para-hydroxylation sites is 1. The molecule has 22 heavy (non-hydrogen) atoms. The Labute approximate surface area is 129 Å². The van der Waals surface area contributed by atoms with Gasteiger partial charge in [-0.2, -0.15) is 0 Å². The Bertz CT molecular complexity index is 784. The maximum Gasteiger partial charge on any atom is 0.264 e. The summed E-state index contributed by atoms with van der Waals surface area (Å²) in [4.78, 5) is 0.185. The van der Waals surface area contributed by atoms with E-state index in [-0.39, 0.29) is 10.6 Å². The number of hydrogen-bond acceptors (Lipinski definition) is 4. The van der Waals surface area contributed by atoms with Gasteiger partial charge in [0.25, 0.3) is 10.0 Å². The van der Waals surface area contributed by atoms with Crippen LogP contribution < -0.4 is 9.04 Å². The maximum atomic E-state index is 12.9. The molecule has 2 aromatic carbocycles. The lowest BCUT2D eigenvalue weighted by atomic mass is 10.0. The lowest BCUT2D eigenvalue weighted by Crippen LogP contribution is -2.35. The van der Waals surface area contributed by atoms with Gasteiger partial charge in [-0.3, -0.25) is 4.31 Å². The first-order valence-corrected chi connectivity index (χ1v) is 8.45. The molecule has 0 aliphatic carbocycles. The van der Waals surface area contributed by atoms with Crippen LogP contribution in [0.1, 0.15) is 12.0 Å². The minimum atomic E-state index is -3.71. The standard InChI is InChI=1S/C16H17NO4S/c1-21-13-7-9-14(10-8-13)22(19,20)17-11-3-5-12-4-2-6-15(18)16(12)17/h2,4,6-10,18H,3,5,11H2,1H3. The summed E-state index contributed by atoms with van der Waals surface area (Å²) >= 11 is 0. The van der Waals surface area contributed by atoms with Crippen molar-refractivity contribution in [3.05, 3.63) is 48.0 Å². The van der Waals surface area contributed by atoms with Gasteiger partial charge in [-0.1, -0.05) is 12.1 Å². The predicted molar refractivity (Wildman–Crippen MR) is 84.0 cm³/mol. The first-order valence-electron chi connectivity index (χ1n) is 7.01. The van der Waals surface area contributed by atoms with Gasteiger partial charge in [0.1, 0.15) is 11.5 Å². The van der Waals surface area contributed by atoms with E-state index in [1.54, 1.807) is 18.2 Å². The highest BCUT2D eigenvalue weighted by Crippen LogP contribution is 2.38. The molecule has 1 aliphatic heterocycles. The van der Waals surface area contributed by atoms with Crippen molar-refractivity contribution in [2.24, 2.45) is 0 Å². The molecule has 1 aliphatic rings. The van der Waals surface area contributed by atoms with E-state index < -0.39 is 10.0 Å². The summed E-state index contributed by atoms with van der Waals surface area (Å²) in [7, 11) is -2.17. The predicted octanol–water partition coefficient (Wildman–Crippen LogP) is 2.54. The largest absolute Gasteiger partial charge is 0.506 e. The Hall–Kier alpha value is -2.21. The van der Waals surface area contributed by atoms with Crippen molar-refractivity contribution in [1.82, 2.24) is 0 Å². The number of benzene rings is 2. The fraction of sp³-hybridized carbons (Fsp3) is 0.250. The lowest BCUT2D eigenvalue weighted by molar-refractivity contribution is 0.414. The molecule has 0 radical (unpaired) electrons. The number of phenolic OH excluding ortho intramolecular Hbond substituents is 1. The highest BCUT2D eigenvalue weighted by Gasteiger charge is 2.31. The number of methoxy groups -OCH3 is 1. The molecule has 0 amide bonds. The first-order chi connectivity index (χ1) is 10.5. The van der Waals surface area contributed by atoms with Gasteiger partial charge < -0.3 is 9.84 Å². The zero-order chi connectivity index (χ0) is 15.7. The second kappa shape index (κ2) is 5.53. The third-order valence-electron chi connectivity index (χ3n) is 3.80. The van der Waals surface area contributed by atoms with Crippen LogP contribution in [0.4, 0.5) is 5.69 Å². The zero-order valence-electron chi connectivity index (χ0n) is 12.2. The number of phenols is 1. The Balaban J connectivity index is 2.07. The number of anilines is 1. The zero-order valence-corrected chi connectivity index (χ0v) is 13.0. The van der Waals surface area contributed by atoms with Gasteiger partial charge in [-0.15, -0.1) is 0 Å². The quantitative estimate of drug-likeness (QED) is 0.944. The highest BCUT2D eigenvalue weighted by atomic mass is 32.2. The molecule has 0 fully saturated rings. The summed E-state index contributed by atoms with van der Waals surface area (Å²) in [6.45, 7) is 0.360. The molecule has 6 heteroatoms. The van der Waals surface area contributed by atoms with Crippen LogP contribution >= 0.6 is 0 Å². The second-order valence-corrected chi connectivity index (χ2v) is 7.00. The average Bonchev–Trinajstić information content (AvgIpc) is 2.54. The molecule has 0 atom stereocenters. The number of aromatic hydroxyl groups is 1. The molecular formula is C16H17NO4S. The molecule has 0 saturated carbocycles. The molecule has 2 aromatic rings. The van der Waals surface area contributed by atoms with Gasteiger partial charge in [0.2, 0.25) is 0 Å². The van der Waals surface area contributed by atoms with Crippen molar-refractivity contribution >= 4 is 15.7 Å². The fourth-order valence-corrected chi connectivity index (χ4v) is 4.26. The van der Waals surface area contributed by atoms with E-state index in [2.05, 4.69) is 0 Å². The molecule has 1 N–H and O–H groups in total. The number of sulfonamides is 1. The van der Waals surface area contributed by atoms with E-state index in [1.807, 2.05) is 6.07 Å². The Morgan fingerprint density at radius 2 is 1.86 bits per heavy atom. The fourth-order valence-electron chi connectivity index (χ4n) is 2.71. The molecule has 3 rings (SSSR count). The highest BCUT2D eigenvalue weighted by molar-refractivity contribution is 7.92. The number of hydrogen-bond donors (Lipinski definition) is 1. The monoisotopic (exact) mass is 319 g/mol. The van der Waals surface area contributed by atoms with Gasteiger partial charge in [-0.25, -0.2) is 8.42 Å². The van der Waals surface area contributed by atoms with Gasteiger partial charge >= 0.3 is 0 Å². The molecule has 0 aromatic heterocycles. The van der Waals surface area contributed by atoms with Crippen molar-refractivity contribution < 1.29 is 18.3 Å². The maximum absolute atomic E-state index is 12.9. The van der Waals surface area contributed by atoms with E-state index >= 15 is 0 Å². The molecule has 0 spiro atoms. The number of rotatable bonds is 3. The Morgan fingerprint density at radius 1 is 1.14 bits per heavy atom. The van der Waals surface area contributed by atoms with E-state index in [0.29, 0.717) is 18.0 Å². The number of nitrogens with zero attached hydrogens (tertiary/aromatic N) is 1. The van der Waals surface area contributed by atoms with Crippen molar-refractivity contribution in [3.8, 4) is 11.5 Å².